The van der Waals surface area contributed by atoms with Crippen molar-refractivity contribution >= 4 is 23.9 Å². The molecule has 0 N–H and O–H groups in total. The summed E-state index contributed by atoms with van der Waals surface area (Å²) in [5.74, 6) is 1.97. The van der Waals surface area contributed by atoms with Gasteiger partial charge in [0.2, 0.25) is 0 Å². The predicted octanol–water partition coefficient (Wildman–Crippen LogP) is 4.59. The molecule has 2 aromatic heterocycles. The summed E-state index contributed by atoms with van der Waals surface area (Å²) in [6.45, 7) is 0. The summed E-state index contributed by atoms with van der Waals surface area (Å²) in [5, 5.41) is 10.6. The minimum atomic E-state index is 0.260. The molecule has 0 saturated carbocycles. The summed E-state index contributed by atoms with van der Waals surface area (Å²) in [4.78, 5) is 7.16. The first kappa shape index (κ1) is 19.6. The highest BCUT2D eigenvalue weighted by molar-refractivity contribution is 5.70. The maximum Gasteiger partial charge on any atom is 0.132 e. The smallest absolute Gasteiger partial charge is 0.132 e. The van der Waals surface area contributed by atoms with Gasteiger partial charge in [-0.15, -0.1) is 0 Å². The fraction of sp³-hybridized carbons (Fsp3) is 0.267. The number of fused-ring (bicyclic) bond motifs is 6. The van der Waals surface area contributed by atoms with Gasteiger partial charge in [-0.2, -0.15) is 5.26 Å². The van der Waals surface area contributed by atoms with Gasteiger partial charge >= 0.3 is 0 Å². The van der Waals surface area contributed by atoms with Gasteiger partial charge in [-0.3, -0.25) is 4.98 Å². The summed E-state index contributed by atoms with van der Waals surface area (Å²) < 4.78 is 6.33. The number of hydrogen-bond acceptors (Lipinski definition) is 4. The first-order valence-electron chi connectivity index (χ1n) is 12.2. The SMILES string of the molecule is N#Cc1ccnc(-c2cccc(N3C4C=c5oc6c(c5=CC4C4C=CCCC43)CCC=C6)c2)c1. The van der Waals surface area contributed by atoms with Crippen molar-refractivity contribution in [1.82, 2.24) is 4.98 Å². The number of nitrogens with zero attached hydrogens (tertiary/aromatic N) is 3. The minimum absolute atomic E-state index is 0.260. The summed E-state index contributed by atoms with van der Waals surface area (Å²) in [6.07, 6.45) is 20.2. The highest BCUT2D eigenvalue weighted by Crippen LogP contribution is 2.46. The molecule has 166 valence electrons. The van der Waals surface area contributed by atoms with Crippen LogP contribution in [0.25, 0.3) is 29.5 Å². The van der Waals surface area contributed by atoms with Gasteiger partial charge in [0, 0.05) is 46.1 Å². The summed E-state index contributed by atoms with van der Waals surface area (Å²) in [6, 6.07) is 15.2. The van der Waals surface area contributed by atoms with Gasteiger partial charge in [0.1, 0.15) is 11.2 Å². The number of anilines is 1. The summed E-state index contributed by atoms with van der Waals surface area (Å²) in [7, 11) is 0. The second-order valence-corrected chi connectivity index (χ2v) is 9.71. The third-order valence-corrected chi connectivity index (χ3v) is 7.90. The van der Waals surface area contributed by atoms with E-state index in [9.17, 15) is 5.26 Å². The first-order chi connectivity index (χ1) is 16.8. The standard InChI is InChI=1S/C30H25N3O/c31-18-19-12-13-32-26(14-19)20-6-5-7-21(15-20)33-27-10-3-1-8-22(27)24-16-25-23-9-2-4-11-29(23)34-30(25)17-28(24)33/h1,4-8,11-17,22,24,27-28H,2-3,9-10H2. The van der Waals surface area contributed by atoms with Crippen LogP contribution in [0.4, 0.5) is 5.69 Å². The maximum absolute atomic E-state index is 9.32. The Kier molecular flexibility index (Phi) is 4.38. The van der Waals surface area contributed by atoms with Crippen molar-refractivity contribution in [1.29, 1.82) is 5.26 Å². The zero-order valence-corrected chi connectivity index (χ0v) is 18.9. The van der Waals surface area contributed by atoms with Crippen LogP contribution in [0.5, 0.6) is 0 Å². The Bertz CT molecular complexity index is 1520. The van der Waals surface area contributed by atoms with Crippen LogP contribution in [0.15, 0.2) is 65.2 Å². The lowest BCUT2D eigenvalue weighted by Gasteiger charge is -2.33. The van der Waals surface area contributed by atoms with Crippen molar-refractivity contribution in [2.24, 2.45) is 11.8 Å². The highest BCUT2D eigenvalue weighted by atomic mass is 16.3. The van der Waals surface area contributed by atoms with Crippen LogP contribution in [0.1, 0.15) is 36.1 Å². The zero-order valence-electron chi connectivity index (χ0n) is 18.9. The van der Waals surface area contributed by atoms with E-state index in [4.69, 9.17) is 4.42 Å². The van der Waals surface area contributed by atoms with Crippen LogP contribution in [-0.4, -0.2) is 17.1 Å². The maximum atomic E-state index is 9.32. The molecule has 3 aromatic rings. The molecule has 1 aliphatic heterocycles. The van der Waals surface area contributed by atoms with Gasteiger partial charge in [-0.25, -0.2) is 0 Å². The second kappa shape index (κ2) is 7.60. The highest BCUT2D eigenvalue weighted by Gasteiger charge is 2.47. The quantitative estimate of drug-likeness (QED) is 0.544. The molecule has 0 amide bonds. The van der Waals surface area contributed by atoms with Crippen LogP contribution >= 0.6 is 0 Å². The van der Waals surface area contributed by atoms with Crippen molar-refractivity contribution in [3.63, 3.8) is 0 Å². The average molecular weight is 444 g/mol. The van der Waals surface area contributed by atoms with Crippen LogP contribution < -0.4 is 15.5 Å². The molecular formula is C30H25N3O. The zero-order chi connectivity index (χ0) is 22.6. The molecule has 7 rings (SSSR count). The van der Waals surface area contributed by atoms with Crippen molar-refractivity contribution in [3.05, 3.63) is 88.3 Å². The molecule has 0 spiro atoms. The topological polar surface area (TPSA) is 53.1 Å². The molecule has 4 atom stereocenters. The van der Waals surface area contributed by atoms with Gasteiger partial charge in [0.15, 0.2) is 0 Å². The molecule has 4 unspecified atom stereocenters. The number of hydrogen-bond donors (Lipinski definition) is 0. The van der Waals surface area contributed by atoms with Crippen LogP contribution in [-0.2, 0) is 6.42 Å². The molecule has 4 aliphatic rings. The van der Waals surface area contributed by atoms with Crippen LogP contribution in [0.3, 0.4) is 0 Å². The Morgan fingerprint density at radius 2 is 2.03 bits per heavy atom. The Balaban J connectivity index is 1.36. The van der Waals surface area contributed by atoms with E-state index >= 15 is 0 Å². The molecule has 4 heteroatoms. The lowest BCUT2D eigenvalue weighted by atomic mass is 9.80. The van der Waals surface area contributed by atoms with E-state index < -0.39 is 0 Å². The predicted molar refractivity (Wildman–Crippen MR) is 134 cm³/mol. The van der Waals surface area contributed by atoms with E-state index in [0.717, 1.165) is 48.1 Å². The van der Waals surface area contributed by atoms with Gasteiger partial charge < -0.3 is 9.32 Å². The number of pyridine rings is 1. The Morgan fingerprint density at radius 1 is 1.06 bits per heavy atom. The number of rotatable bonds is 2. The molecule has 4 nitrogen and oxygen atoms in total. The normalized spacial score (nSPS) is 25.9. The summed E-state index contributed by atoms with van der Waals surface area (Å²) >= 11 is 0. The lowest BCUT2D eigenvalue weighted by molar-refractivity contribution is 0.468. The fourth-order valence-electron chi connectivity index (χ4n) is 6.41. The largest absolute Gasteiger partial charge is 0.457 e. The van der Waals surface area contributed by atoms with E-state index in [1.54, 1.807) is 12.3 Å². The molecule has 3 aliphatic carbocycles. The number of benzene rings is 1. The lowest BCUT2D eigenvalue weighted by Crippen LogP contribution is -2.41. The van der Waals surface area contributed by atoms with E-state index in [1.165, 1.54) is 16.5 Å². The van der Waals surface area contributed by atoms with E-state index in [1.807, 2.05) is 6.07 Å². The first-order valence-corrected chi connectivity index (χ1v) is 12.2. The van der Waals surface area contributed by atoms with Gasteiger partial charge in [-0.1, -0.05) is 36.4 Å². The van der Waals surface area contributed by atoms with Crippen molar-refractivity contribution < 1.29 is 4.42 Å². The third kappa shape index (κ3) is 2.93. The van der Waals surface area contributed by atoms with Gasteiger partial charge in [0.25, 0.3) is 0 Å². The average Bonchev–Trinajstić information content (AvgIpc) is 3.42. The third-order valence-electron chi connectivity index (χ3n) is 7.90. The molecule has 3 heterocycles. The molecule has 34 heavy (non-hydrogen) atoms. The van der Waals surface area contributed by atoms with Crippen LogP contribution in [0, 0.1) is 23.2 Å². The number of allylic oxidation sites excluding steroid dienone is 2. The molecular weight excluding hydrogens is 418 g/mol. The van der Waals surface area contributed by atoms with Crippen molar-refractivity contribution in [3.8, 4) is 17.3 Å². The number of aromatic nitrogens is 1. The fourth-order valence-corrected chi connectivity index (χ4v) is 6.41. The Labute approximate surface area is 198 Å². The number of furan rings is 1. The van der Waals surface area contributed by atoms with Gasteiger partial charge in [0.05, 0.1) is 23.4 Å². The molecule has 1 fully saturated rings. The number of nitriles is 1. The van der Waals surface area contributed by atoms with Crippen molar-refractivity contribution in [2.75, 3.05) is 4.90 Å². The second-order valence-electron chi connectivity index (χ2n) is 9.71. The van der Waals surface area contributed by atoms with Gasteiger partial charge in [-0.05, 0) is 62.1 Å². The Hall–Kier alpha value is -3.84. The van der Waals surface area contributed by atoms with E-state index in [0.29, 0.717) is 23.4 Å². The van der Waals surface area contributed by atoms with E-state index in [-0.39, 0.29) is 6.04 Å². The monoisotopic (exact) mass is 443 g/mol. The molecule has 1 aromatic carbocycles. The molecule has 0 bridgehead atoms. The summed E-state index contributed by atoms with van der Waals surface area (Å²) in [5.41, 5.74) is 6.14. The molecule has 1 saturated heterocycles. The molecule has 0 radical (unpaired) electrons. The van der Waals surface area contributed by atoms with Crippen molar-refractivity contribution in [2.45, 2.75) is 37.8 Å². The Morgan fingerprint density at radius 3 is 2.97 bits per heavy atom. The minimum Gasteiger partial charge on any atom is -0.457 e. The van der Waals surface area contributed by atoms with Crippen LogP contribution in [0.2, 0.25) is 0 Å². The van der Waals surface area contributed by atoms with E-state index in [2.05, 4.69) is 76.7 Å².